The van der Waals surface area contributed by atoms with E-state index in [1.807, 2.05) is 11.6 Å². The number of hydrogen-bond donors (Lipinski definition) is 2. The molecule has 0 radical (unpaired) electrons. The summed E-state index contributed by atoms with van der Waals surface area (Å²) in [7, 11) is 0. The molecule has 1 saturated carbocycles. The van der Waals surface area contributed by atoms with E-state index in [1.54, 1.807) is 6.20 Å². The van der Waals surface area contributed by atoms with Gasteiger partial charge in [-0.05, 0) is 46.0 Å². The zero-order chi connectivity index (χ0) is 15.6. The fourth-order valence-corrected chi connectivity index (χ4v) is 3.64. The Bertz CT molecular complexity index is 514. The number of nitrogens with one attached hydrogen (secondary N) is 1. The SMILES string of the molecule is Cc1c(Cl)cnn1CCC1CCCC1(NC(C)C)C(N)=O. The lowest BCUT2D eigenvalue weighted by atomic mass is 9.83. The van der Waals surface area contributed by atoms with Gasteiger partial charge in [0.05, 0.1) is 16.9 Å². The van der Waals surface area contributed by atoms with Gasteiger partial charge in [0.25, 0.3) is 0 Å². The van der Waals surface area contributed by atoms with E-state index in [-0.39, 0.29) is 17.9 Å². The largest absolute Gasteiger partial charge is 0.368 e. The molecule has 0 spiro atoms. The molecule has 0 aliphatic heterocycles. The van der Waals surface area contributed by atoms with Gasteiger partial charge in [0, 0.05) is 12.6 Å². The van der Waals surface area contributed by atoms with Gasteiger partial charge in [-0.1, -0.05) is 18.0 Å². The first-order valence-corrected chi connectivity index (χ1v) is 8.00. The first-order valence-electron chi connectivity index (χ1n) is 7.62. The van der Waals surface area contributed by atoms with Crippen molar-refractivity contribution >= 4 is 17.5 Å². The number of nitrogens with zero attached hydrogens (tertiary/aromatic N) is 2. The molecule has 6 heteroatoms. The van der Waals surface area contributed by atoms with Gasteiger partial charge < -0.3 is 11.1 Å². The highest BCUT2D eigenvalue weighted by atomic mass is 35.5. The lowest BCUT2D eigenvalue weighted by molar-refractivity contribution is -0.126. The first kappa shape index (κ1) is 16.3. The molecule has 1 fully saturated rings. The van der Waals surface area contributed by atoms with Crippen molar-refractivity contribution in [2.24, 2.45) is 11.7 Å². The van der Waals surface area contributed by atoms with Crippen molar-refractivity contribution < 1.29 is 4.79 Å². The van der Waals surface area contributed by atoms with Gasteiger partial charge in [0.2, 0.25) is 5.91 Å². The van der Waals surface area contributed by atoms with Gasteiger partial charge in [-0.3, -0.25) is 9.48 Å². The number of halogens is 1. The molecular weight excluding hydrogens is 288 g/mol. The second-order valence-corrected chi connectivity index (χ2v) is 6.72. The smallest absolute Gasteiger partial charge is 0.238 e. The topological polar surface area (TPSA) is 72.9 Å². The van der Waals surface area contributed by atoms with E-state index in [2.05, 4.69) is 24.3 Å². The minimum Gasteiger partial charge on any atom is -0.368 e. The fraction of sp³-hybridized carbons (Fsp3) is 0.733. The summed E-state index contributed by atoms with van der Waals surface area (Å²) < 4.78 is 1.90. The van der Waals surface area contributed by atoms with Gasteiger partial charge in [0.1, 0.15) is 5.54 Å². The van der Waals surface area contributed by atoms with Crippen LogP contribution in [0.4, 0.5) is 0 Å². The molecule has 1 amide bonds. The van der Waals surface area contributed by atoms with E-state index < -0.39 is 5.54 Å². The van der Waals surface area contributed by atoms with Gasteiger partial charge >= 0.3 is 0 Å². The number of primary amides is 1. The molecule has 1 aromatic rings. The molecule has 3 N–H and O–H groups in total. The Labute approximate surface area is 131 Å². The molecule has 2 unspecified atom stereocenters. The van der Waals surface area contributed by atoms with Crippen molar-refractivity contribution in [2.45, 2.75) is 64.6 Å². The van der Waals surface area contributed by atoms with E-state index in [1.165, 1.54) is 0 Å². The minimum absolute atomic E-state index is 0.228. The molecular formula is C15H25ClN4O. The number of aromatic nitrogens is 2. The zero-order valence-electron chi connectivity index (χ0n) is 13.0. The normalized spacial score (nSPS) is 25.7. The Morgan fingerprint density at radius 3 is 2.90 bits per heavy atom. The Balaban J connectivity index is 2.10. The highest BCUT2D eigenvalue weighted by molar-refractivity contribution is 6.31. The van der Waals surface area contributed by atoms with Crippen LogP contribution in [-0.4, -0.2) is 27.3 Å². The first-order chi connectivity index (χ1) is 9.86. The zero-order valence-corrected chi connectivity index (χ0v) is 13.8. The summed E-state index contributed by atoms with van der Waals surface area (Å²) in [4.78, 5) is 12.1. The van der Waals surface area contributed by atoms with E-state index in [0.717, 1.165) is 37.9 Å². The highest BCUT2D eigenvalue weighted by Gasteiger charge is 2.47. The van der Waals surface area contributed by atoms with Crippen molar-refractivity contribution in [1.82, 2.24) is 15.1 Å². The lowest BCUT2D eigenvalue weighted by Gasteiger charge is -2.35. The predicted molar refractivity (Wildman–Crippen MR) is 84.1 cm³/mol. The number of carbonyl (C=O) groups is 1. The van der Waals surface area contributed by atoms with Crippen LogP contribution in [0.15, 0.2) is 6.20 Å². The van der Waals surface area contributed by atoms with Gasteiger partial charge in [0.15, 0.2) is 0 Å². The maximum absolute atomic E-state index is 12.1. The van der Waals surface area contributed by atoms with Crippen LogP contribution < -0.4 is 11.1 Å². The third kappa shape index (κ3) is 3.24. The van der Waals surface area contributed by atoms with Crippen molar-refractivity contribution in [1.29, 1.82) is 0 Å². The molecule has 2 atom stereocenters. The Morgan fingerprint density at radius 1 is 1.67 bits per heavy atom. The van der Waals surface area contributed by atoms with Gasteiger partial charge in [-0.25, -0.2) is 0 Å². The molecule has 5 nitrogen and oxygen atoms in total. The van der Waals surface area contributed by atoms with Crippen LogP contribution in [0.25, 0.3) is 0 Å². The molecule has 0 saturated heterocycles. The molecule has 118 valence electrons. The molecule has 1 heterocycles. The average Bonchev–Trinajstić information content (AvgIpc) is 2.94. The van der Waals surface area contributed by atoms with Crippen LogP contribution in [0.3, 0.4) is 0 Å². The van der Waals surface area contributed by atoms with Crippen molar-refractivity contribution in [3.05, 3.63) is 16.9 Å². The molecule has 1 aliphatic rings. The van der Waals surface area contributed by atoms with Crippen LogP contribution >= 0.6 is 11.6 Å². The van der Waals surface area contributed by atoms with Crippen LogP contribution in [-0.2, 0) is 11.3 Å². The third-order valence-corrected chi connectivity index (χ3v) is 4.91. The maximum atomic E-state index is 12.1. The van der Waals surface area contributed by atoms with Crippen molar-refractivity contribution in [3.63, 3.8) is 0 Å². The maximum Gasteiger partial charge on any atom is 0.238 e. The summed E-state index contributed by atoms with van der Waals surface area (Å²) in [5.74, 6) is 0.0219. The Hall–Kier alpha value is -1.07. The van der Waals surface area contributed by atoms with Crippen LogP contribution in [0.2, 0.25) is 5.02 Å². The quantitative estimate of drug-likeness (QED) is 0.846. The number of nitrogens with two attached hydrogens (primary N) is 1. The Kier molecular flexibility index (Phi) is 4.94. The summed E-state index contributed by atoms with van der Waals surface area (Å²) in [6.45, 7) is 6.82. The number of aryl methyl sites for hydroxylation is 1. The lowest BCUT2D eigenvalue weighted by Crippen LogP contribution is -2.60. The van der Waals surface area contributed by atoms with E-state index in [0.29, 0.717) is 5.02 Å². The molecule has 1 aromatic heterocycles. The standard InChI is InChI=1S/C15H25ClN4O/c1-10(2)19-15(14(17)21)7-4-5-12(15)6-8-20-11(3)13(16)9-18-20/h9-10,12,19H,4-8H2,1-3H3,(H2,17,21). The molecule has 2 rings (SSSR count). The van der Waals surface area contributed by atoms with Crippen LogP contribution in [0.1, 0.15) is 45.2 Å². The number of amides is 1. The summed E-state index contributed by atoms with van der Waals surface area (Å²) in [6, 6.07) is 0.235. The minimum atomic E-state index is -0.570. The summed E-state index contributed by atoms with van der Waals surface area (Å²) >= 11 is 6.03. The monoisotopic (exact) mass is 312 g/mol. The Morgan fingerprint density at radius 2 is 2.38 bits per heavy atom. The second kappa shape index (κ2) is 6.36. The summed E-state index contributed by atoms with van der Waals surface area (Å²) in [6.07, 6.45) is 5.42. The second-order valence-electron chi connectivity index (χ2n) is 6.31. The molecule has 1 aliphatic carbocycles. The molecule has 0 bridgehead atoms. The average molecular weight is 313 g/mol. The van der Waals surface area contributed by atoms with Crippen LogP contribution in [0.5, 0.6) is 0 Å². The van der Waals surface area contributed by atoms with E-state index >= 15 is 0 Å². The number of hydrogen-bond acceptors (Lipinski definition) is 3. The number of carbonyl (C=O) groups excluding carboxylic acids is 1. The molecule has 0 aromatic carbocycles. The summed E-state index contributed by atoms with van der Waals surface area (Å²) in [5, 5.41) is 8.39. The van der Waals surface area contributed by atoms with Gasteiger partial charge in [-0.15, -0.1) is 0 Å². The summed E-state index contributed by atoms with van der Waals surface area (Å²) in [5.41, 5.74) is 6.13. The fourth-order valence-electron chi connectivity index (χ4n) is 3.50. The highest BCUT2D eigenvalue weighted by Crippen LogP contribution is 2.38. The predicted octanol–water partition coefficient (Wildman–Crippen LogP) is 2.26. The van der Waals surface area contributed by atoms with E-state index in [4.69, 9.17) is 17.3 Å². The number of rotatable bonds is 6. The third-order valence-electron chi connectivity index (χ3n) is 4.54. The van der Waals surface area contributed by atoms with Crippen molar-refractivity contribution in [2.75, 3.05) is 0 Å². The van der Waals surface area contributed by atoms with Crippen LogP contribution in [0, 0.1) is 12.8 Å². The van der Waals surface area contributed by atoms with Crippen molar-refractivity contribution in [3.8, 4) is 0 Å². The van der Waals surface area contributed by atoms with E-state index in [9.17, 15) is 4.79 Å². The van der Waals surface area contributed by atoms with Gasteiger partial charge in [-0.2, -0.15) is 5.10 Å². The molecule has 21 heavy (non-hydrogen) atoms.